The molecular formula is C21H24N4O4S. The molecule has 1 aromatic carbocycles. The van der Waals surface area contributed by atoms with Crippen LogP contribution < -0.4 is 10.9 Å². The van der Waals surface area contributed by atoms with E-state index in [-0.39, 0.29) is 23.3 Å². The molecule has 0 saturated heterocycles. The number of fused-ring (bicyclic) bond motifs is 1. The third kappa shape index (κ3) is 4.73. The number of thioether (sulfide) groups is 1. The number of aryl methyl sites for hydroxylation is 1. The minimum Gasteiger partial charge on any atom is -0.462 e. The number of aromatic amines is 1. The van der Waals surface area contributed by atoms with Gasteiger partial charge in [0.2, 0.25) is 5.91 Å². The summed E-state index contributed by atoms with van der Waals surface area (Å²) in [4.78, 5) is 44.5. The van der Waals surface area contributed by atoms with Crippen molar-refractivity contribution in [1.82, 2.24) is 14.5 Å². The Labute approximate surface area is 178 Å². The number of rotatable bonds is 7. The van der Waals surface area contributed by atoms with E-state index in [4.69, 9.17) is 4.74 Å². The molecule has 3 rings (SSSR count). The van der Waals surface area contributed by atoms with Crippen LogP contribution in [0.25, 0.3) is 11.0 Å². The molecular weight excluding hydrogens is 404 g/mol. The van der Waals surface area contributed by atoms with Crippen molar-refractivity contribution in [2.45, 2.75) is 38.9 Å². The number of esters is 1. The Morgan fingerprint density at radius 3 is 2.60 bits per heavy atom. The molecule has 0 atom stereocenters. The Balaban J connectivity index is 1.71. The number of anilines is 1. The smallest absolute Gasteiger partial charge is 0.338 e. The predicted molar refractivity (Wildman–Crippen MR) is 117 cm³/mol. The number of hydrogen-bond donors (Lipinski definition) is 2. The number of benzene rings is 1. The zero-order chi connectivity index (χ0) is 21.8. The summed E-state index contributed by atoms with van der Waals surface area (Å²) in [5, 5.41) is 3.28. The summed E-state index contributed by atoms with van der Waals surface area (Å²) < 4.78 is 6.53. The van der Waals surface area contributed by atoms with E-state index in [9.17, 15) is 14.4 Å². The van der Waals surface area contributed by atoms with Crippen molar-refractivity contribution >= 4 is 40.4 Å². The highest BCUT2D eigenvalue weighted by molar-refractivity contribution is 7.99. The van der Waals surface area contributed by atoms with Crippen LogP contribution in [0.5, 0.6) is 0 Å². The van der Waals surface area contributed by atoms with Gasteiger partial charge in [0.05, 0.1) is 23.4 Å². The molecule has 158 valence electrons. The lowest BCUT2D eigenvalue weighted by atomic mass is 10.2. The predicted octanol–water partition coefficient (Wildman–Crippen LogP) is 3.52. The molecule has 0 saturated carbocycles. The standard InChI is InChI=1S/C21H24N4O4S/c1-5-29-20(28)14-6-8-15(9-7-14)23-17(26)11-30-21-24-16-10-13(4)22-18(16)19(27)25(21)12(2)3/h6-10,12,22H,5,11H2,1-4H3,(H,23,26). The second-order valence-electron chi connectivity index (χ2n) is 7.01. The molecule has 1 amide bonds. The van der Waals surface area contributed by atoms with Crippen molar-refractivity contribution in [3.05, 3.63) is 51.9 Å². The normalized spacial score (nSPS) is 11.1. The van der Waals surface area contributed by atoms with Gasteiger partial charge in [0.25, 0.3) is 5.56 Å². The zero-order valence-electron chi connectivity index (χ0n) is 17.3. The van der Waals surface area contributed by atoms with Crippen LogP contribution in [0.4, 0.5) is 5.69 Å². The van der Waals surface area contributed by atoms with Gasteiger partial charge >= 0.3 is 5.97 Å². The molecule has 0 aliphatic carbocycles. The summed E-state index contributed by atoms with van der Waals surface area (Å²) in [5.74, 6) is -0.550. The van der Waals surface area contributed by atoms with Gasteiger partial charge in [0.15, 0.2) is 5.16 Å². The summed E-state index contributed by atoms with van der Waals surface area (Å²) in [5.41, 5.74) is 2.75. The number of amides is 1. The van der Waals surface area contributed by atoms with Crippen LogP contribution in [0, 0.1) is 6.92 Å². The Hall–Kier alpha value is -3.07. The molecule has 0 bridgehead atoms. The summed E-state index contributed by atoms with van der Waals surface area (Å²) in [6.45, 7) is 7.72. The second-order valence-corrected chi connectivity index (χ2v) is 7.95. The van der Waals surface area contributed by atoms with E-state index in [1.54, 1.807) is 35.8 Å². The van der Waals surface area contributed by atoms with Gasteiger partial charge < -0.3 is 15.0 Å². The maximum absolute atomic E-state index is 12.8. The van der Waals surface area contributed by atoms with Gasteiger partial charge in [0, 0.05) is 17.4 Å². The van der Waals surface area contributed by atoms with Crippen LogP contribution in [0.15, 0.2) is 40.3 Å². The maximum Gasteiger partial charge on any atom is 0.338 e. The Morgan fingerprint density at radius 2 is 1.97 bits per heavy atom. The monoisotopic (exact) mass is 428 g/mol. The molecule has 0 aliphatic rings. The molecule has 9 heteroatoms. The largest absolute Gasteiger partial charge is 0.462 e. The first kappa shape index (κ1) is 21.6. The first-order valence-corrected chi connectivity index (χ1v) is 10.6. The van der Waals surface area contributed by atoms with Crippen molar-refractivity contribution in [2.24, 2.45) is 0 Å². The van der Waals surface area contributed by atoms with E-state index in [2.05, 4.69) is 15.3 Å². The van der Waals surface area contributed by atoms with E-state index in [1.165, 1.54) is 11.8 Å². The van der Waals surface area contributed by atoms with Crippen LogP contribution in [-0.2, 0) is 9.53 Å². The number of aromatic nitrogens is 3. The van der Waals surface area contributed by atoms with Gasteiger partial charge in [-0.25, -0.2) is 9.78 Å². The zero-order valence-corrected chi connectivity index (χ0v) is 18.1. The molecule has 0 fully saturated rings. The fourth-order valence-electron chi connectivity index (χ4n) is 2.98. The first-order valence-electron chi connectivity index (χ1n) is 9.61. The quantitative estimate of drug-likeness (QED) is 0.339. The topological polar surface area (TPSA) is 106 Å². The molecule has 2 N–H and O–H groups in total. The second kappa shape index (κ2) is 9.17. The van der Waals surface area contributed by atoms with Crippen LogP contribution in [0.1, 0.15) is 42.9 Å². The highest BCUT2D eigenvalue weighted by atomic mass is 32.2. The maximum atomic E-state index is 12.8. The molecule has 2 aromatic heterocycles. The van der Waals surface area contributed by atoms with E-state index in [1.807, 2.05) is 26.8 Å². The van der Waals surface area contributed by atoms with Crippen LogP contribution in [0.3, 0.4) is 0 Å². The molecule has 0 radical (unpaired) electrons. The number of nitrogens with zero attached hydrogens (tertiary/aromatic N) is 2. The third-order valence-electron chi connectivity index (χ3n) is 4.31. The van der Waals surface area contributed by atoms with E-state index < -0.39 is 5.97 Å². The number of nitrogens with one attached hydrogen (secondary N) is 2. The highest BCUT2D eigenvalue weighted by Gasteiger charge is 2.17. The molecule has 0 spiro atoms. The minimum absolute atomic E-state index is 0.0910. The molecule has 8 nitrogen and oxygen atoms in total. The lowest BCUT2D eigenvalue weighted by molar-refractivity contribution is -0.113. The van der Waals surface area contributed by atoms with Gasteiger partial charge in [-0.3, -0.25) is 14.2 Å². The summed E-state index contributed by atoms with van der Waals surface area (Å²) in [7, 11) is 0. The average molecular weight is 429 g/mol. The van der Waals surface area contributed by atoms with Crippen LogP contribution in [0.2, 0.25) is 0 Å². The lowest BCUT2D eigenvalue weighted by Crippen LogP contribution is -2.25. The lowest BCUT2D eigenvalue weighted by Gasteiger charge is -2.15. The number of H-pyrrole nitrogens is 1. The molecule has 0 unspecified atom stereocenters. The fourth-order valence-corrected chi connectivity index (χ4v) is 3.91. The molecule has 3 aromatic rings. The fraction of sp³-hybridized carbons (Fsp3) is 0.333. The summed E-state index contributed by atoms with van der Waals surface area (Å²) >= 11 is 1.21. The summed E-state index contributed by atoms with van der Waals surface area (Å²) in [6, 6.07) is 8.20. The van der Waals surface area contributed by atoms with Crippen molar-refractivity contribution in [1.29, 1.82) is 0 Å². The van der Waals surface area contributed by atoms with E-state index >= 15 is 0 Å². The van der Waals surface area contributed by atoms with Crippen molar-refractivity contribution in [2.75, 3.05) is 17.7 Å². The summed E-state index contributed by atoms with van der Waals surface area (Å²) in [6.07, 6.45) is 0. The van der Waals surface area contributed by atoms with Gasteiger partial charge in [-0.2, -0.15) is 0 Å². The molecule has 2 heterocycles. The number of carbonyl (C=O) groups is 2. The van der Waals surface area contributed by atoms with Crippen molar-refractivity contribution < 1.29 is 14.3 Å². The molecule has 0 aliphatic heterocycles. The minimum atomic E-state index is -0.404. The van der Waals surface area contributed by atoms with Gasteiger partial charge in [-0.1, -0.05) is 11.8 Å². The Bertz CT molecular complexity index is 1130. The van der Waals surface area contributed by atoms with Crippen molar-refractivity contribution in [3.8, 4) is 0 Å². The number of hydrogen-bond acceptors (Lipinski definition) is 6. The number of ether oxygens (including phenoxy) is 1. The van der Waals surface area contributed by atoms with E-state index in [0.29, 0.717) is 34.0 Å². The van der Waals surface area contributed by atoms with Crippen LogP contribution in [-0.4, -0.2) is 38.8 Å². The average Bonchev–Trinajstić information content (AvgIpc) is 3.07. The van der Waals surface area contributed by atoms with Gasteiger partial charge in [-0.15, -0.1) is 0 Å². The van der Waals surface area contributed by atoms with Crippen molar-refractivity contribution in [3.63, 3.8) is 0 Å². The van der Waals surface area contributed by atoms with E-state index in [0.717, 1.165) is 5.69 Å². The number of carbonyl (C=O) groups excluding carboxylic acids is 2. The Kier molecular flexibility index (Phi) is 6.61. The Morgan fingerprint density at radius 1 is 1.27 bits per heavy atom. The van der Waals surface area contributed by atoms with Gasteiger partial charge in [-0.05, 0) is 58.0 Å². The van der Waals surface area contributed by atoms with Gasteiger partial charge in [0.1, 0.15) is 5.52 Å². The third-order valence-corrected chi connectivity index (χ3v) is 5.27. The highest BCUT2D eigenvalue weighted by Crippen LogP contribution is 2.21. The molecule has 30 heavy (non-hydrogen) atoms. The first-order chi connectivity index (χ1) is 14.3. The SMILES string of the molecule is CCOC(=O)c1ccc(NC(=O)CSc2nc3cc(C)[nH]c3c(=O)n2C(C)C)cc1. The van der Waals surface area contributed by atoms with Crippen LogP contribution >= 0.6 is 11.8 Å².